The van der Waals surface area contributed by atoms with Crippen molar-refractivity contribution in [2.24, 2.45) is 0 Å². The highest BCUT2D eigenvalue weighted by molar-refractivity contribution is 7.80. The summed E-state index contributed by atoms with van der Waals surface area (Å²) in [5, 5.41) is 8.39. The number of benzene rings is 3. The van der Waals surface area contributed by atoms with Gasteiger partial charge in [-0.25, -0.2) is 0 Å². The van der Waals surface area contributed by atoms with Crippen molar-refractivity contribution in [3.8, 4) is 17.2 Å². The van der Waals surface area contributed by atoms with Crippen LogP contribution in [0.4, 0.5) is 11.4 Å². The lowest BCUT2D eigenvalue weighted by molar-refractivity contribution is -0.115. The molecule has 0 fully saturated rings. The van der Waals surface area contributed by atoms with Crippen molar-refractivity contribution in [1.82, 2.24) is 5.32 Å². The van der Waals surface area contributed by atoms with Crippen LogP contribution in [0.5, 0.6) is 17.2 Å². The molecule has 0 saturated carbocycles. The number of carbonyl (C=O) groups excluding carboxylic acids is 2. The predicted octanol–water partition coefficient (Wildman–Crippen LogP) is 4.88. The van der Waals surface area contributed by atoms with Gasteiger partial charge in [-0.2, -0.15) is 0 Å². The Morgan fingerprint density at radius 1 is 0.917 bits per heavy atom. The molecule has 2 amide bonds. The Morgan fingerprint density at radius 2 is 1.64 bits per heavy atom. The largest absolute Gasteiger partial charge is 0.494 e. The van der Waals surface area contributed by atoms with Crippen molar-refractivity contribution in [3.05, 3.63) is 83.9 Å². The number of methoxy groups -OCH3 is 2. The first kappa shape index (κ1) is 26.2. The van der Waals surface area contributed by atoms with Gasteiger partial charge >= 0.3 is 0 Å². The lowest BCUT2D eigenvalue weighted by Crippen LogP contribution is -2.33. The maximum absolute atomic E-state index is 12.9. The van der Waals surface area contributed by atoms with Crippen LogP contribution in [0.25, 0.3) is 6.08 Å². The highest BCUT2D eigenvalue weighted by Gasteiger charge is 2.13. The molecule has 3 N–H and O–H groups in total. The number of amides is 2. The van der Waals surface area contributed by atoms with Gasteiger partial charge < -0.3 is 24.8 Å². The fourth-order valence-corrected chi connectivity index (χ4v) is 3.44. The van der Waals surface area contributed by atoms with Crippen LogP contribution in [-0.4, -0.2) is 37.8 Å². The monoisotopic (exact) mass is 505 g/mol. The molecule has 0 aliphatic rings. The van der Waals surface area contributed by atoms with Crippen LogP contribution in [-0.2, 0) is 4.79 Å². The molecule has 0 radical (unpaired) electrons. The molecule has 0 aromatic heterocycles. The standard InChI is InChI=1S/C27H27N3O5S/c1-4-35-20-13-11-19(12-14-20)28-26(32)21-7-5-6-8-22(21)29-27(36)30-25(31)16-10-18-9-15-23(33-2)24(17-18)34-3/h5-17H,4H2,1-3H3,(H,28,32)(H2,29,30,31,36). The minimum atomic E-state index is -0.432. The summed E-state index contributed by atoms with van der Waals surface area (Å²) in [4.78, 5) is 25.2. The molecule has 9 heteroatoms. The summed E-state index contributed by atoms with van der Waals surface area (Å²) >= 11 is 5.27. The molecule has 186 valence electrons. The quantitative estimate of drug-likeness (QED) is 0.282. The van der Waals surface area contributed by atoms with Crippen molar-refractivity contribution in [2.45, 2.75) is 6.92 Å². The summed E-state index contributed by atoms with van der Waals surface area (Å²) in [6.45, 7) is 2.47. The molecule has 0 heterocycles. The van der Waals surface area contributed by atoms with Gasteiger partial charge in [-0.05, 0) is 79.3 Å². The number of hydrogen-bond acceptors (Lipinski definition) is 6. The van der Waals surface area contributed by atoms with E-state index >= 15 is 0 Å². The van der Waals surface area contributed by atoms with Crippen molar-refractivity contribution in [2.75, 3.05) is 31.5 Å². The van der Waals surface area contributed by atoms with Crippen molar-refractivity contribution < 1.29 is 23.8 Å². The van der Waals surface area contributed by atoms with E-state index in [0.717, 1.165) is 11.3 Å². The van der Waals surface area contributed by atoms with Crippen molar-refractivity contribution in [1.29, 1.82) is 0 Å². The van der Waals surface area contributed by atoms with E-state index in [1.54, 1.807) is 87.0 Å². The Morgan fingerprint density at radius 3 is 2.33 bits per heavy atom. The van der Waals surface area contributed by atoms with Crippen LogP contribution in [0.3, 0.4) is 0 Å². The van der Waals surface area contributed by atoms with Gasteiger partial charge in [0.15, 0.2) is 16.6 Å². The number of ether oxygens (including phenoxy) is 3. The molecule has 0 bridgehead atoms. The van der Waals surface area contributed by atoms with Gasteiger partial charge in [0.25, 0.3) is 5.91 Å². The lowest BCUT2D eigenvalue weighted by Gasteiger charge is -2.13. The topological polar surface area (TPSA) is 97.9 Å². The summed E-state index contributed by atoms with van der Waals surface area (Å²) in [6, 6.07) is 19.2. The van der Waals surface area contributed by atoms with Crippen LogP contribution in [0.1, 0.15) is 22.8 Å². The van der Waals surface area contributed by atoms with E-state index in [-0.39, 0.29) is 11.0 Å². The van der Waals surface area contributed by atoms with Gasteiger partial charge in [0.2, 0.25) is 5.91 Å². The molecular formula is C27H27N3O5S. The summed E-state index contributed by atoms with van der Waals surface area (Å²) in [5.74, 6) is 1.11. The van der Waals surface area contributed by atoms with Crippen LogP contribution < -0.4 is 30.2 Å². The predicted molar refractivity (Wildman–Crippen MR) is 145 cm³/mol. The molecule has 0 spiro atoms. The summed E-state index contributed by atoms with van der Waals surface area (Å²) in [5.41, 5.74) is 2.19. The second kappa shape index (κ2) is 12.9. The molecule has 3 aromatic carbocycles. The second-order valence-corrected chi connectivity index (χ2v) is 7.76. The Hall–Kier alpha value is -4.37. The molecule has 36 heavy (non-hydrogen) atoms. The number of nitrogens with one attached hydrogen (secondary N) is 3. The van der Waals surface area contributed by atoms with Gasteiger partial charge in [-0.1, -0.05) is 18.2 Å². The first-order valence-corrected chi connectivity index (χ1v) is 11.5. The molecule has 3 aromatic rings. The first-order chi connectivity index (χ1) is 17.4. The van der Waals surface area contributed by atoms with Crippen molar-refractivity contribution in [3.63, 3.8) is 0 Å². The summed E-state index contributed by atoms with van der Waals surface area (Å²) in [6.07, 6.45) is 2.97. The van der Waals surface area contributed by atoms with Crippen LogP contribution >= 0.6 is 12.2 Å². The number of hydrogen-bond donors (Lipinski definition) is 3. The maximum atomic E-state index is 12.9. The molecule has 0 atom stereocenters. The average molecular weight is 506 g/mol. The molecule has 0 unspecified atom stereocenters. The second-order valence-electron chi connectivity index (χ2n) is 7.35. The van der Waals surface area contributed by atoms with Crippen molar-refractivity contribution >= 4 is 46.6 Å². The summed E-state index contributed by atoms with van der Waals surface area (Å²) in [7, 11) is 3.09. The maximum Gasteiger partial charge on any atom is 0.257 e. The van der Waals surface area contributed by atoms with Gasteiger partial charge in [0.05, 0.1) is 32.1 Å². The van der Waals surface area contributed by atoms with Gasteiger partial charge in [0.1, 0.15) is 5.75 Å². The molecule has 8 nitrogen and oxygen atoms in total. The Kier molecular flexibility index (Phi) is 9.41. The highest BCUT2D eigenvalue weighted by atomic mass is 32.1. The molecule has 0 aliphatic carbocycles. The van der Waals surface area contributed by atoms with Crippen LogP contribution in [0.2, 0.25) is 0 Å². The Labute approximate surface area is 215 Å². The molecular weight excluding hydrogens is 478 g/mol. The fourth-order valence-electron chi connectivity index (χ4n) is 3.23. The third kappa shape index (κ3) is 7.31. The smallest absolute Gasteiger partial charge is 0.257 e. The average Bonchev–Trinajstić information content (AvgIpc) is 2.88. The van der Waals surface area contributed by atoms with E-state index in [1.807, 2.05) is 6.92 Å². The molecule has 0 saturated heterocycles. The Bertz CT molecular complexity index is 1260. The number of rotatable bonds is 9. The van der Waals surface area contributed by atoms with E-state index in [0.29, 0.717) is 35.0 Å². The minimum Gasteiger partial charge on any atom is -0.494 e. The van der Waals surface area contributed by atoms with Gasteiger partial charge in [-0.15, -0.1) is 0 Å². The van der Waals surface area contributed by atoms with E-state index in [1.165, 1.54) is 6.08 Å². The zero-order valence-electron chi connectivity index (χ0n) is 20.2. The number of para-hydroxylation sites is 1. The number of anilines is 2. The van der Waals surface area contributed by atoms with Gasteiger partial charge in [-0.3, -0.25) is 14.9 Å². The third-order valence-electron chi connectivity index (χ3n) is 4.91. The first-order valence-electron chi connectivity index (χ1n) is 11.1. The molecule has 3 rings (SSSR count). The highest BCUT2D eigenvalue weighted by Crippen LogP contribution is 2.28. The minimum absolute atomic E-state index is 0.0540. The molecule has 0 aliphatic heterocycles. The fraction of sp³-hybridized carbons (Fsp3) is 0.148. The SMILES string of the molecule is CCOc1ccc(NC(=O)c2ccccc2NC(=S)NC(=O)C=Cc2ccc(OC)c(OC)c2)cc1. The number of thiocarbonyl (C=S) groups is 1. The van der Waals surface area contributed by atoms with Crippen LogP contribution in [0.15, 0.2) is 72.8 Å². The van der Waals surface area contributed by atoms with E-state index in [9.17, 15) is 9.59 Å². The third-order valence-corrected chi connectivity index (χ3v) is 5.12. The van der Waals surface area contributed by atoms with E-state index in [2.05, 4.69) is 16.0 Å². The van der Waals surface area contributed by atoms with E-state index < -0.39 is 5.91 Å². The lowest BCUT2D eigenvalue weighted by atomic mass is 10.1. The summed E-state index contributed by atoms with van der Waals surface area (Å²) < 4.78 is 15.9. The Balaban J connectivity index is 1.61. The van der Waals surface area contributed by atoms with E-state index in [4.69, 9.17) is 26.4 Å². The van der Waals surface area contributed by atoms with Crippen LogP contribution in [0, 0.1) is 0 Å². The van der Waals surface area contributed by atoms with Gasteiger partial charge in [0, 0.05) is 11.8 Å². The number of carbonyl (C=O) groups is 2. The zero-order valence-corrected chi connectivity index (χ0v) is 21.0. The zero-order chi connectivity index (χ0) is 25.9. The normalized spacial score (nSPS) is 10.4.